The molecule has 15 atom stereocenters. The van der Waals surface area contributed by atoms with Crippen LogP contribution in [0.3, 0.4) is 0 Å². The van der Waals surface area contributed by atoms with Crippen LogP contribution in [0, 0.1) is 44.8 Å². The Labute approximate surface area is 272 Å². The third kappa shape index (κ3) is 4.33. The highest BCUT2D eigenvalue weighted by Gasteiger charge is 2.71. The summed E-state index contributed by atoms with van der Waals surface area (Å²) in [7, 11) is 0. The first-order chi connectivity index (χ1) is 21.4. The zero-order valence-corrected chi connectivity index (χ0v) is 28.1. The number of allylic oxidation sites excluding steroid dienone is 1. The highest BCUT2D eigenvalue weighted by molar-refractivity contribution is 5.80. The normalized spacial score (nSPS) is 55.3. The molecule has 4 saturated carbocycles. The molecule has 0 aromatic carbocycles. The van der Waals surface area contributed by atoms with Crippen LogP contribution in [0.4, 0.5) is 0 Å². The van der Waals surface area contributed by atoms with Gasteiger partial charge in [0.2, 0.25) is 6.29 Å². The predicted molar refractivity (Wildman–Crippen MR) is 168 cm³/mol. The first-order valence-electron chi connectivity index (χ1n) is 17.3. The maximum Gasteiger partial charge on any atom is 0.315 e. The number of hydrogen-bond donors (Lipinski definition) is 7. The standard InChI is InChI=1S/C36H56O10/c1-19-9-14-36(30(43)46-29-27(42)26(41)25(40)21(17-37)45-29)16-15-33(4)20(28(36)35(19,6)44)7-8-23-31(2)12-11-24(39)32(3,18-38)22(31)10-13-34(23,33)5/h7,21-29,37-42,44H,1,8-18H2,2-6H3/t21-,22-,23-,24+,25-,26+,27-,28-,29+,31+,32+,33-,34-,35-,36+/m1/s1. The second-order valence-electron chi connectivity index (χ2n) is 17.0. The van der Waals surface area contributed by atoms with E-state index in [-0.39, 0.29) is 34.7 Å². The van der Waals surface area contributed by atoms with E-state index >= 15 is 0 Å². The topological polar surface area (TPSA) is 177 Å². The summed E-state index contributed by atoms with van der Waals surface area (Å²) in [6.45, 7) is 14.3. The minimum Gasteiger partial charge on any atom is -0.432 e. The van der Waals surface area contributed by atoms with E-state index in [1.807, 2.05) is 6.92 Å². The Kier molecular flexibility index (Phi) is 8.30. The maximum absolute atomic E-state index is 14.4. The number of rotatable bonds is 4. The van der Waals surface area contributed by atoms with Gasteiger partial charge in [0.15, 0.2) is 0 Å². The average Bonchev–Trinajstić information content (AvgIpc) is 3.01. The van der Waals surface area contributed by atoms with Gasteiger partial charge in [0, 0.05) is 11.3 Å². The van der Waals surface area contributed by atoms with Crippen LogP contribution in [0.15, 0.2) is 23.8 Å². The van der Waals surface area contributed by atoms with Crippen molar-refractivity contribution < 1.29 is 50.0 Å². The third-order valence-electron chi connectivity index (χ3n) is 15.2. The van der Waals surface area contributed by atoms with Crippen molar-refractivity contribution in [1.82, 2.24) is 0 Å². The Morgan fingerprint density at radius 3 is 2.28 bits per heavy atom. The molecule has 0 bridgehead atoms. The molecule has 0 radical (unpaired) electrons. The molecular weight excluding hydrogens is 592 g/mol. The highest BCUT2D eigenvalue weighted by atomic mass is 16.7. The summed E-state index contributed by atoms with van der Waals surface area (Å²) in [6, 6.07) is 0. The number of hydrogen-bond acceptors (Lipinski definition) is 10. The first kappa shape index (κ1) is 34.5. The minimum atomic E-state index is -1.72. The molecule has 1 aliphatic heterocycles. The molecule has 10 nitrogen and oxygen atoms in total. The molecule has 1 heterocycles. The van der Waals surface area contributed by atoms with Gasteiger partial charge in [-0.25, -0.2) is 0 Å². The van der Waals surface area contributed by atoms with Gasteiger partial charge in [-0.05, 0) is 98.4 Å². The van der Waals surface area contributed by atoms with E-state index in [0.29, 0.717) is 37.7 Å². The van der Waals surface area contributed by atoms with E-state index in [1.54, 1.807) is 6.92 Å². The lowest BCUT2D eigenvalue weighted by atomic mass is 9.33. The molecule has 6 aliphatic rings. The molecule has 0 aromatic rings. The monoisotopic (exact) mass is 648 g/mol. The average molecular weight is 649 g/mol. The number of ether oxygens (including phenoxy) is 2. The van der Waals surface area contributed by atoms with E-state index in [1.165, 1.54) is 0 Å². The summed E-state index contributed by atoms with van der Waals surface area (Å²) in [5.41, 5.74) is -2.10. The Bertz CT molecular complexity index is 1280. The largest absolute Gasteiger partial charge is 0.432 e. The van der Waals surface area contributed by atoms with Crippen LogP contribution in [0.5, 0.6) is 0 Å². The van der Waals surface area contributed by atoms with Gasteiger partial charge < -0.3 is 45.2 Å². The number of carbonyl (C=O) groups excluding carboxylic acids is 1. The van der Waals surface area contributed by atoms with Crippen molar-refractivity contribution in [3.05, 3.63) is 23.8 Å². The van der Waals surface area contributed by atoms with E-state index < -0.39 is 71.7 Å². The third-order valence-corrected chi connectivity index (χ3v) is 15.2. The number of aliphatic hydroxyl groups is 7. The van der Waals surface area contributed by atoms with Crippen molar-refractivity contribution in [2.75, 3.05) is 13.2 Å². The fourth-order valence-electron chi connectivity index (χ4n) is 12.0. The zero-order chi connectivity index (χ0) is 33.8. The predicted octanol–water partition coefficient (Wildman–Crippen LogP) is 2.36. The molecule has 260 valence electrons. The lowest BCUT2D eigenvalue weighted by molar-refractivity contribution is -0.298. The van der Waals surface area contributed by atoms with Crippen LogP contribution in [0.2, 0.25) is 0 Å². The molecule has 46 heavy (non-hydrogen) atoms. The van der Waals surface area contributed by atoms with Gasteiger partial charge in [-0.1, -0.05) is 45.9 Å². The van der Waals surface area contributed by atoms with Gasteiger partial charge in [-0.2, -0.15) is 0 Å². The number of carbonyl (C=O) groups is 1. The van der Waals surface area contributed by atoms with Gasteiger partial charge in [-0.15, -0.1) is 0 Å². The van der Waals surface area contributed by atoms with Crippen molar-refractivity contribution in [2.24, 2.45) is 44.8 Å². The fourth-order valence-corrected chi connectivity index (χ4v) is 12.0. The maximum atomic E-state index is 14.4. The van der Waals surface area contributed by atoms with Gasteiger partial charge in [0.05, 0.1) is 30.3 Å². The van der Waals surface area contributed by atoms with Gasteiger partial charge >= 0.3 is 5.97 Å². The van der Waals surface area contributed by atoms with Gasteiger partial charge in [-0.3, -0.25) is 4.79 Å². The van der Waals surface area contributed by atoms with Crippen molar-refractivity contribution >= 4 is 5.97 Å². The van der Waals surface area contributed by atoms with Crippen LogP contribution >= 0.6 is 0 Å². The summed E-state index contributed by atoms with van der Waals surface area (Å²) in [5.74, 6) is -0.840. The van der Waals surface area contributed by atoms with E-state index in [0.717, 1.165) is 31.3 Å². The summed E-state index contributed by atoms with van der Waals surface area (Å²) in [6.07, 6.45) is -0.0988. The first-order valence-corrected chi connectivity index (χ1v) is 17.3. The highest BCUT2D eigenvalue weighted by Crippen LogP contribution is 2.76. The molecule has 0 unspecified atom stereocenters. The van der Waals surface area contributed by atoms with Crippen molar-refractivity contribution in [3.63, 3.8) is 0 Å². The second kappa shape index (κ2) is 11.1. The van der Waals surface area contributed by atoms with E-state index in [9.17, 15) is 40.5 Å². The van der Waals surface area contributed by atoms with Crippen molar-refractivity contribution in [3.8, 4) is 0 Å². The molecule has 0 amide bonds. The molecule has 7 N–H and O–H groups in total. The molecule has 6 rings (SSSR count). The van der Waals surface area contributed by atoms with Crippen molar-refractivity contribution in [1.29, 1.82) is 0 Å². The van der Waals surface area contributed by atoms with Crippen LogP contribution < -0.4 is 0 Å². The number of esters is 1. The Balaban J connectivity index is 1.39. The molecule has 0 aromatic heterocycles. The van der Waals surface area contributed by atoms with Gasteiger partial charge in [0.1, 0.15) is 24.4 Å². The van der Waals surface area contributed by atoms with Crippen LogP contribution in [0.25, 0.3) is 0 Å². The number of aliphatic hydroxyl groups excluding tert-OH is 6. The Morgan fingerprint density at radius 1 is 0.935 bits per heavy atom. The summed E-state index contributed by atoms with van der Waals surface area (Å²) < 4.78 is 11.4. The Hall–Kier alpha value is -1.37. The zero-order valence-electron chi connectivity index (χ0n) is 28.1. The van der Waals surface area contributed by atoms with Crippen LogP contribution in [-0.4, -0.2) is 97.3 Å². The smallest absolute Gasteiger partial charge is 0.315 e. The minimum absolute atomic E-state index is 0.0532. The molecule has 0 spiro atoms. The van der Waals surface area contributed by atoms with E-state index in [4.69, 9.17) is 9.47 Å². The quantitative estimate of drug-likeness (QED) is 0.177. The van der Waals surface area contributed by atoms with Crippen LogP contribution in [0.1, 0.15) is 92.4 Å². The lowest BCUT2D eigenvalue weighted by Crippen LogP contribution is -2.68. The fraction of sp³-hybridized carbons (Fsp3) is 0.861. The van der Waals surface area contributed by atoms with E-state index in [2.05, 4.69) is 33.4 Å². The Morgan fingerprint density at radius 2 is 1.63 bits per heavy atom. The molecule has 5 fully saturated rings. The van der Waals surface area contributed by atoms with Crippen molar-refractivity contribution in [2.45, 2.75) is 135 Å². The van der Waals surface area contributed by atoms with Crippen LogP contribution in [-0.2, 0) is 14.3 Å². The summed E-state index contributed by atoms with van der Waals surface area (Å²) in [5, 5.41) is 74.8. The summed E-state index contributed by atoms with van der Waals surface area (Å²) >= 11 is 0. The molecular formula is C36H56O10. The SMILES string of the molecule is C=C1CC[C@]2(C(=O)O[C@@H]3O[C@H](CO)[C@@H](O)[C@H](O)[C@H]3O)CC[C@]3(C)C(=CC[C@@H]4[C@@]5(C)CC[C@H](O)[C@@](C)(CO)[C@@H]5CC[C@]43C)[C@@H]2[C@]1(C)O. The second-order valence-corrected chi connectivity index (χ2v) is 17.0. The number of fused-ring (bicyclic) bond motifs is 7. The lowest BCUT2D eigenvalue weighted by Gasteiger charge is -2.71. The molecule has 1 saturated heterocycles. The molecule has 5 aliphatic carbocycles. The molecule has 10 heteroatoms. The summed E-state index contributed by atoms with van der Waals surface area (Å²) in [4.78, 5) is 14.4. The van der Waals surface area contributed by atoms with Gasteiger partial charge in [0.25, 0.3) is 0 Å².